The summed E-state index contributed by atoms with van der Waals surface area (Å²) in [6.07, 6.45) is -0.504. The van der Waals surface area contributed by atoms with Gasteiger partial charge in [0.15, 0.2) is 0 Å². The highest BCUT2D eigenvalue weighted by Gasteiger charge is 2.42. The molecule has 1 fully saturated rings. The Hall–Kier alpha value is -1.80. The molecule has 1 aromatic carbocycles. The van der Waals surface area contributed by atoms with Gasteiger partial charge in [-0.15, -0.1) is 12.4 Å². The Labute approximate surface area is 145 Å². The predicted octanol–water partition coefficient (Wildman–Crippen LogP) is 1.75. The minimum absolute atomic E-state index is 0. The zero-order chi connectivity index (χ0) is 17.0. The smallest absolute Gasteiger partial charge is 0.262 e. The van der Waals surface area contributed by atoms with Gasteiger partial charge in [0.2, 0.25) is 5.91 Å². The first-order valence-electron chi connectivity index (χ1n) is 7.08. The molecule has 1 heterocycles. The van der Waals surface area contributed by atoms with Gasteiger partial charge >= 0.3 is 0 Å². The van der Waals surface area contributed by atoms with Crippen molar-refractivity contribution in [3.8, 4) is 17.2 Å². The van der Waals surface area contributed by atoms with Crippen LogP contribution in [0.4, 0.5) is 8.78 Å². The molecule has 1 amide bonds. The van der Waals surface area contributed by atoms with Gasteiger partial charge in [-0.1, -0.05) is 0 Å². The molecule has 0 radical (unpaired) electrons. The lowest BCUT2D eigenvalue weighted by Gasteiger charge is -2.17. The fraction of sp³-hybridized carbons (Fsp3) is 0.533. The highest BCUT2D eigenvalue weighted by molar-refractivity contribution is 5.85. The van der Waals surface area contributed by atoms with Crippen LogP contribution in [-0.2, 0) is 11.3 Å². The molecule has 1 aliphatic heterocycles. The monoisotopic (exact) mass is 366 g/mol. The molecule has 9 heteroatoms. The van der Waals surface area contributed by atoms with Gasteiger partial charge in [0, 0.05) is 18.6 Å². The Morgan fingerprint density at radius 3 is 2.25 bits per heavy atom. The lowest BCUT2D eigenvalue weighted by molar-refractivity contribution is -0.123. The number of ether oxygens (including phenoxy) is 3. The number of hydrogen-bond donors (Lipinski definition) is 2. The average Bonchev–Trinajstić information content (AvgIpc) is 2.91. The molecule has 1 aliphatic rings. The van der Waals surface area contributed by atoms with Crippen LogP contribution in [-0.4, -0.2) is 45.7 Å². The Balaban J connectivity index is 0.00000288. The number of carbonyl (C=O) groups excluding carboxylic acids is 1. The molecule has 1 atom stereocenters. The average molecular weight is 367 g/mol. The van der Waals surface area contributed by atoms with Crippen molar-refractivity contribution < 1.29 is 27.8 Å². The number of hydrogen-bond acceptors (Lipinski definition) is 5. The molecule has 24 heavy (non-hydrogen) atoms. The van der Waals surface area contributed by atoms with Crippen LogP contribution in [0.1, 0.15) is 12.0 Å². The van der Waals surface area contributed by atoms with Gasteiger partial charge in [-0.2, -0.15) is 0 Å². The first-order chi connectivity index (χ1) is 10.9. The van der Waals surface area contributed by atoms with Gasteiger partial charge in [0.1, 0.15) is 17.2 Å². The van der Waals surface area contributed by atoms with E-state index in [1.54, 1.807) is 12.1 Å². The van der Waals surface area contributed by atoms with Gasteiger partial charge in [-0.3, -0.25) is 10.1 Å². The summed E-state index contributed by atoms with van der Waals surface area (Å²) >= 11 is 0. The van der Waals surface area contributed by atoms with Gasteiger partial charge in [0.25, 0.3) is 5.92 Å². The second-order valence-electron chi connectivity index (χ2n) is 5.22. The first kappa shape index (κ1) is 20.2. The summed E-state index contributed by atoms with van der Waals surface area (Å²) in [4.78, 5) is 12.0. The molecule has 6 nitrogen and oxygen atoms in total. The summed E-state index contributed by atoms with van der Waals surface area (Å²) < 4.78 is 42.0. The van der Waals surface area contributed by atoms with Crippen molar-refractivity contribution in [2.45, 2.75) is 24.9 Å². The SMILES string of the molecule is COc1cc(OC)c(CNC(=O)C2CC(F)(F)CN2)c(OC)c1.Cl. The molecular formula is C15H21ClF2N2O4. The van der Waals surface area contributed by atoms with E-state index in [2.05, 4.69) is 10.6 Å². The van der Waals surface area contributed by atoms with Crippen LogP contribution in [0.25, 0.3) is 0 Å². The zero-order valence-electron chi connectivity index (χ0n) is 13.7. The third-order valence-corrected chi connectivity index (χ3v) is 3.68. The largest absolute Gasteiger partial charge is 0.496 e. The summed E-state index contributed by atoms with van der Waals surface area (Å²) in [5.74, 6) is -1.83. The van der Waals surface area contributed by atoms with Gasteiger partial charge in [-0.25, -0.2) is 8.78 Å². The Morgan fingerprint density at radius 1 is 1.25 bits per heavy atom. The van der Waals surface area contributed by atoms with E-state index < -0.39 is 30.8 Å². The lowest BCUT2D eigenvalue weighted by atomic mass is 10.1. The van der Waals surface area contributed by atoms with Crippen molar-refractivity contribution in [2.75, 3.05) is 27.9 Å². The molecule has 0 bridgehead atoms. The molecule has 2 N–H and O–H groups in total. The number of alkyl halides is 2. The molecule has 1 saturated heterocycles. The van der Waals surface area contributed by atoms with E-state index in [4.69, 9.17) is 14.2 Å². The van der Waals surface area contributed by atoms with E-state index in [0.29, 0.717) is 22.8 Å². The van der Waals surface area contributed by atoms with E-state index in [1.807, 2.05) is 0 Å². The number of nitrogens with one attached hydrogen (secondary N) is 2. The van der Waals surface area contributed by atoms with Crippen LogP contribution in [0.2, 0.25) is 0 Å². The summed E-state index contributed by atoms with van der Waals surface area (Å²) in [6.45, 7) is -0.390. The number of methoxy groups -OCH3 is 3. The van der Waals surface area contributed by atoms with Crippen LogP contribution >= 0.6 is 12.4 Å². The predicted molar refractivity (Wildman–Crippen MR) is 86.5 cm³/mol. The fourth-order valence-electron chi connectivity index (χ4n) is 2.45. The second kappa shape index (κ2) is 8.34. The fourth-order valence-corrected chi connectivity index (χ4v) is 2.45. The lowest BCUT2D eigenvalue weighted by Crippen LogP contribution is -2.40. The standard InChI is InChI=1S/C15H20F2N2O4.ClH/c1-21-9-4-12(22-2)10(13(5-9)23-3)7-18-14(20)11-6-15(16,17)8-19-11;/h4-5,11,19H,6-8H2,1-3H3,(H,18,20);1H. The molecule has 0 spiro atoms. The highest BCUT2D eigenvalue weighted by atomic mass is 35.5. The molecule has 1 aromatic rings. The number of benzene rings is 1. The number of amides is 1. The minimum atomic E-state index is -2.85. The molecule has 2 rings (SSSR count). The number of carbonyl (C=O) groups is 1. The zero-order valence-corrected chi connectivity index (χ0v) is 14.5. The van der Waals surface area contributed by atoms with Crippen LogP contribution in [0.15, 0.2) is 12.1 Å². The summed E-state index contributed by atoms with van der Waals surface area (Å²) in [5.41, 5.74) is 0.605. The number of rotatable bonds is 6. The molecule has 1 unspecified atom stereocenters. The van der Waals surface area contributed by atoms with Crippen molar-refractivity contribution >= 4 is 18.3 Å². The van der Waals surface area contributed by atoms with Crippen molar-refractivity contribution in [1.29, 1.82) is 0 Å². The van der Waals surface area contributed by atoms with Gasteiger partial charge in [-0.05, 0) is 0 Å². The molecular weight excluding hydrogens is 346 g/mol. The third-order valence-electron chi connectivity index (χ3n) is 3.68. The maximum Gasteiger partial charge on any atom is 0.262 e. The van der Waals surface area contributed by atoms with E-state index in [0.717, 1.165) is 0 Å². The Morgan fingerprint density at radius 2 is 1.83 bits per heavy atom. The minimum Gasteiger partial charge on any atom is -0.496 e. The maximum absolute atomic E-state index is 13.1. The maximum atomic E-state index is 13.1. The van der Waals surface area contributed by atoms with Crippen LogP contribution < -0.4 is 24.8 Å². The van der Waals surface area contributed by atoms with Crippen LogP contribution in [0.5, 0.6) is 17.2 Å². The molecule has 0 aromatic heterocycles. The van der Waals surface area contributed by atoms with Crippen molar-refractivity contribution in [2.24, 2.45) is 0 Å². The molecule has 0 saturated carbocycles. The topological polar surface area (TPSA) is 68.8 Å². The number of halogens is 3. The Bertz CT molecular complexity index is 562. The normalized spacial score (nSPS) is 18.5. The van der Waals surface area contributed by atoms with E-state index >= 15 is 0 Å². The summed E-state index contributed by atoms with van der Waals surface area (Å²) in [5, 5.41) is 5.14. The van der Waals surface area contributed by atoms with E-state index in [1.165, 1.54) is 21.3 Å². The van der Waals surface area contributed by atoms with Crippen molar-refractivity contribution in [3.05, 3.63) is 17.7 Å². The second-order valence-corrected chi connectivity index (χ2v) is 5.22. The Kier molecular flexibility index (Phi) is 7.04. The summed E-state index contributed by atoms with van der Waals surface area (Å²) in [7, 11) is 4.48. The van der Waals surface area contributed by atoms with Crippen molar-refractivity contribution in [1.82, 2.24) is 10.6 Å². The third kappa shape index (κ3) is 4.61. The highest BCUT2D eigenvalue weighted by Crippen LogP contribution is 2.34. The van der Waals surface area contributed by atoms with Gasteiger partial charge < -0.3 is 19.5 Å². The van der Waals surface area contributed by atoms with Crippen LogP contribution in [0.3, 0.4) is 0 Å². The molecule has 136 valence electrons. The molecule has 0 aliphatic carbocycles. The van der Waals surface area contributed by atoms with Crippen LogP contribution in [0, 0.1) is 0 Å². The first-order valence-corrected chi connectivity index (χ1v) is 7.08. The summed E-state index contributed by atoms with van der Waals surface area (Å²) in [6, 6.07) is 2.41. The quantitative estimate of drug-likeness (QED) is 0.802. The van der Waals surface area contributed by atoms with Gasteiger partial charge in [0.05, 0.1) is 46.0 Å². The van der Waals surface area contributed by atoms with E-state index in [-0.39, 0.29) is 19.0 Å². The van der Waals surface area contributed by atoms with Crippen molar-refractivity contribution in [3.63, 3.8) is 0 Å². The van der Waals surface area contributed by atoms with E-state index in [9.17, 15) is 13.6 Å².